The predicted molar refractivity (Wildman–Crippen MR) is 95.4 cm³/mol. The number of hydrogen-bond donors (Lipinski definition) is 2. The number of nitrogens with one attached hydrogen (secondary N) is 2. The summed E-state index contributed by atoms with van der Waals surface area (Å²) in [5.41, 5.74) is 2.73. The molecule has 0 aliphatic carbocycles. The summed E-state index contributed by atoms with van der Waals surface area (Å²) < 4.78 is 5.39. The lowest BCUT2D eigenvalue weighted by Gasteiger charge is -2.16. The maximum absolute atomic E-state index is 12.2. The number of urea groups is 1. The third-order valence-corrected chi connectivity index (χ3v) is 3.78. The van der Waals surface area contributed by atoms with Gasteiger partial charge in [-0.1, -0.05) is 32.0 Å². The van der Waals surface area contributed by atoms with Crippen LogP contribution in [0.3, 0.4) is 0 Å². The Kier molecular flexibility index (Phi) is 6.03. The molecule has 2 rings (SSSR count). The Bertz CT molecular complexity index is 638. The number of carbonyl (C=O) groups is 1. The summed E-state index contributed by atoms with van der Waals surface area (Å²) in [5.74, 6) is 1.19. The first-order valence-corrected chi connectivity index (χ1v) is 8.03. The zero-order valence-electron chi connectivity index (χ0n) is 13.9. The van der Waals surface area contributed by atoms with E-state index in [2.05, 4.69) is 30.5 Å². The van der Waals surface area contributed by atoms with Crippen LogP contribution in [-0.4, -0.2) is 12.6 Å². The fourth-order valence-corrected chi connectivity index (χ4v) is 2.35. The molecular weight excluding hydrogens is 288 g/mol. The first kappa shape index (κ1) is 16.9. The fourth-order valence-electron chi connectivity index (χ4n) is 2.35. The van der Waals surface area contributed by atoms with Crippen molar-refractivity contribution < 1.29 is 9.53 Å². The number of hydrogen-bond acceptors (Lipinski definition) is 2. The van der Waals surface area contributed by atoms with Crippen molar-refractivity contribution in [2.75, 3.05) is 17.2 Å². The minimum atomic E-state index is -0.245. The lowest BCUT2D eigenvalue weighted by Crippen LogP contribution is -2.20. The Hall–Kier alpha value is -2.49. The maximum atomic E-state index is 12.2. The van der Waals surface area contributed by atoms with Crippen molar-refractivity contribution in [3.8, 4) is 5.75 Å². The molecule has 0 aliphatic rings. The number of anilines is 2. The van der Waals surface area contributed by atoms with Gasteiger partial charge < -0.3 is 15.4 Å². The second kappa shape index (κ2) is 8.22. The molecule has 122 valence electrons. The van der Waals surface area contributed by atoms with E-state index in [1.807, 2.05) is 49.4 Å². The SMILES string of the molecule is CCOc1ccc(NC(=O)Nc2ccccc2C(C)CC)cc1. The summed E-state index contributed by atoms with van der Waals surface area (Å²) in [5, 5.41) is 5.77. The smallest absolute Gasteiger partial charge is 0.323 e. The van der Waals surface area contributed by atoms with Crippen molar-refractivity contribution in [3.63, 3.8) is 0 Å². The molecule has 23 heavy (non-hydrogen) atoms. The summed E-state index contributed by atoms with van der Waals surface area (Å²) in [7, 11) is 0. The lowest BCUT2D eigenvalue weighted by molar-refractivity contribution is 0.262. The molecule has 0 bridgehead atoms. The summed E-state index contributed by atoms with van der Waals surface area (Å²) in [6.45, 7) is 6.86. The van der Waals surface area contributed by atoms with Crippen LogP contribution in [0.1, 0.15) is 38.7 Å². The third-order valence-electron chi connectivity index (χ3n) is 3.78. The Morgan fingerprint density at radius 2 is 1.74 bits per heavy atom. The summed E-state index contributed by atoms with van der Waals surface area (Å²) in [4.78, 5) is 12.2. The van der Waals surface area contributed by atoms with Crippen LogP contribution in [0.25, 0.3) is 0 Å². The number of benzene rings is 2. The van der Waals surface area contributed by atoms with E-state index >= 15 is 0 Å². The molecule has 0 fully saturated rings. The van der Waals surface area contributed by atoms with Gasteiger partial charge in [-0.25, -0.2) is 4.79 Å². The van der Waals surface area contributed by atoms with Gasteiger partial charge in [0.1, 0.15) is 5.75 Å². The Balaban J connectivity index is 2.02. The molecule has 0 aliphatic heterocycles. The highest BCUT2D eigenvalue weighted by Gasteiger charge is 2.11. The highest BCUT2D eigenvalue weighted by atomic mass is 16.5. The summed E-state index contributed by atoms with van der Waals surface area (Å²) in [6, 6.07) is 15.0. The van der Waals surface area contributed by atoms with Gasteiger partial charge >= 0.3 is 6.03 Å². The largest absolute Gasteiger partial charge is 0.494 e. The predicted octanol–water partition coefficient (Wildman–Crippen LogP) is 5.24. The zero-order chi connectivity index (χ0) is 16.7. The minimum absolute atomic E-state index is 0.245. The van der Waals surface area contributed by atoms with E-state index in [4.69, 9.17) is 4.74 Å². The van der Waals surface area contributed by atoms with Crippen molar-refractivity contribution in [2.24, 2.45) is 0 Å². The third kappa shape index (κ3) is 4.74. The van der Waals surface area contributed by atoms with Crippen LogP contribution in [0.5, 0.6) is 5.75 Å². The molecular formula is C19H24N2O2. The van der Waals surface area contributed by atoms with Gasteiger partial charge in [-0.15, -0.1) is 0 Å². The van der Waals surface area contributed by atoms with Gasteiger partial charge in [0.15, 0.2) is 0 Å². The molecule has 4 heteroatoms. The summed E-state index contributed by atoms with van der Waals surface area (Å²) >= 11 is 0. The molecule has 0 saturated heterocycles. The summed E-state index contributed by atoms with van der Waals surface area (Å²) in [6.07, 6.45) is 1.03. The van der Waals surface area contributed by atoms with Crippen molar-refractivity contribution in [2.45, 2.75) is 33.1 Å². The van der Waals surface area contributed by atoms with Crippen molar-refractivity contribution in [1.29, 1.82) is 0 Å². The number of para-hydroxylation sites is 1. The van der Waals surface area contributed by atoms with E-state index in [-0.39, 0.29) is 6.03 Å². The maximum Gasteiger partial charge on any atom is 0.323 e. The molecule has 0 heterocycles. The first-order chi connectivity index (χ1) is 11.1. The standard InChI is InChI=1S/C19H24N2O2/c1-4-14(3)17-8-6-7-9-18(17)21-19(22)20-15-10-12-16(13-11-15)23-5-2/h6-14H,4-5H2,1-3H3,(H2,20,21,22). The normalized spacial score (nSPS) is 11.6. The number of ether oxygens (including phenoxy) is 1. The van der Waals surface area contributed by atoms with Crippen LogP contribution in [0.2, 0.25) is 0 Å². The molecule has 4 nitrogen and oxygen atoms in total. The lowest BCUT2D eigenvalue weighted by atomic mass is 9.97. The molecule has 0 saturated carbocycles. The Morgan fingerprint density at radius 3 is 2.39 bits per heavy atom. The van der Waals surface area contributed by atoms with E-state index in [1.165, 1.54) is 0 Å². The van der Waals surface area contributed by atoms with E-state index in [1.54, 1.807) is 0 Å². The second-order valence-corrected chi connectivity index (χ2v) is 5.43. The van der Waals surface area contributed by atoms with Gasteiger partial charge in [-0.3, -0.25) is 0 Å². The quantitative estimate of drug-likeness (QED) is 0.766. The van der Waals surface area contributed by atoms with Crippen LogP contribution >= 0.6 is 0 Å². The average Bonchev–Trinajstić information content (AvgIpc) is 2.56. The van der Waals surface area contributed by atoms with Gasteiger partial charge in [-0.2, -0.15) is 0 Å². The zero-order valence-corrected chi connectivity index (χ0v) is 13.9. The molecule has 0 spiro atoms. The van der Waals surface area contributed by atoms with Crippen molar-refractivity contribution in [3.05, 3.63) is 54.1 Å². The molecule has 0 aromatic heterocycles. The van der Waals surface area contributed by atoms with Crippen molar-refractivity contribution in [1.82, 2.24) is 0 Å². The van der Waals surface area contributed by atoms with Crippen LogP contribution < -0.4 is 15.4 Å². The second-order valence-electron chi connectivity index (χ2n) is 5.43. The highest BCUT2D eigenvalue weighted by molar-refractivity contribution is 6.00. The molecule has 0 radical (unpaired) electrons. The van der Waals surface area contributed by atoms with Crippen molar-refractivity contribution >= 4 is 17.4 Å². The van der Waals surface area contributed by atoms with Crippen LogP contribution in [0.15, 0.2) is 48.5 Å². The van der Waals surface area contributed by atoms with E-state index < -0.39 is 0 Å². The van der Waals surface area contributed by atoms with Crippen LogP contribution in [0, 0.1) is 0 Å². The first-order valence-electron chi connectivity index (χ1n) is 8.03. The van der Waals surface area contributed by atoms with E-state index in [9.17, 15) is 4.79 Å². The minimum Gasteiger partial charge on any atom is -0.494 e. The molecule has 1 atom stereocenters. The van der Waals surface area contributed by atoms with E-state index in [0.29, 0.717) is 12.5 Å². The number of rotatable bonds is 6. The van der Waals surface area contributed by atoms with E-state index in [0.717, 1.165) is 29.1 Å². The number of amides is 2. The molecule has 2 amide bonds. The fraction of sp³-hybridized carbons (Fsp3) is 0.316. The highest BCUT2D eigenvalue weighted by Crippen LogP contribution is 2.26. The van der Waals surface area contributed by atoms with Crippen LogP contribution in [0.4, 0.5) is 16.2 Å². The van der Waals surface area contributed by atoms with Gasteiger partial charge in [0.25, 0.3) is 0 Å². The molecule has 2 N–H and O–H groups in total. The topological polar surface area (TPSA) is 50.4 Å². The average molecular weight is 312 g/mol. The van der Waals surface area contributed by atoms with Gasteiger partial charge in [0, 0.05) is 11.4 Å². The molecule has 2 aromatic carbocycles. The van der Waals surface area contributed by atoms with Gasteiger partial charge in [-0.05, 0) is 55.2 Å². The number of carbonyl (C=O) groups excluding carboxylic acids is 1. The Labute approximate surface area is 137 Å². The monoisotopic (exact) mass is 312 g/mol. The Morgan fingerprint density at radius 1 is 1.04 bits per heavy atom. The van der Waals surface area contributed by atoms with Gasteiger partial charge in [0.05, 0.1) is 6.61 Å². The van der Waals surface area contributed by atoms with Crippen LogP contribution in [-0.2, 0) is 0 Å². The molecule has 2 aromatic rings. The molecule has 1 unspecified atom stereocenters. The van der Waals surface area contributed by atoms with Gasteiger partial charge in [0.2, 0.25) is 0 Å².